The van der Waals surface area contributed by atoms with Gasteiger partial charge in [-0.15, -0.1) is 0 Å². The summed E-state index contributed by atoms with van der Waals surface area (Å²) in [7, 11) is 0. The van der Waals surface area contributed by atoms with Gasteiger partial charge in [-0.05, 0) is 33.3 Å². The Morgan fingerprint density at radius 3 is 2.36 bits per heavy atom. The molecule has 0 aromatic heterocycles. The second kappa shape index (κ2) is 8.83. The van der Waals surface area contributed by atoms with Crippen LogP contribution in [0.1, 0.15) is 58.9 Å². The number of hydrogen-bond acceptors (Lipinski definition) is 3. The number of carboxylic acids is 1. The van der Waals surface area contributed by atoms with Gasteiger partial charge >= 0.3 is 12.1 Å². The topological polar surface area (TPSA) is 75.6 Å². The fourth-order valence-electron chi connectivity index (χ4n) is 2.68. The number of amides is 1. The van der Waals surface area contributed by atoms with Gasteiger partial charge < -0.3 is 15.2 Å². The van der Waals surface area contributed by atoms with Gasteiger partial charge in [0.2, 0.25) is 0 Å². The van der Waals surface area contributed by atoms with Gasteiger partial charge in [0.25, 0.3) is 0 Å². The maximum atomic E-state index is 14.3. The Kier molecular flexibility index (Phi) is 7.39. The Hall–Kier alpha value is -2.11. The largest absolute Gasteiger partial charge is 0.481 e. The molecule has 0 saturated carbocycles. The molecule has 6 heteroatoms. The fourth-order valence-corrected chi connectivity index (χ4v) is 2.68. The van der Waals surface area contributed by atoms with Crippen LogP contribution >= 0.6 is 0 Å². The molecular weight excluding hydrogens is 325 g/mol. The molecule has 0 spiro atoms. The number of carbonyl (C=O) groups is 2. The van der Waals surface area contributed by atoms with E-state index in [1.54, 1.807) is 26.8 Å². The van der Waals surface area contributed by atoms with Crippen LogP contribution in [0.15, 0.2) is 24.3 Å². The molecule has 140 valence electrons. The molecule has 0 aliphatic heterocycles. The van der Waals surface area contributed by atoms with Crippen LogP contribution in [0.3, 0.4) is 0 Å². The number of aliphatic carboxylic acids is 1. The van der Waals surface area contributed by atoms with Crippen LogP contribution in [0.5, 0.6) is 0 Å². The lowest BCUT2D eigenvalue weighted by Crippen LogP contribution is -2.48. The average Bonchev–Trinajstić information content (AvgIpc) is 2.49. The molecule has 1 atom stereocenters. The third-order valence-corrected chi connectivity index (χ3v) is 3.94. The first-order chi connectivity index (χ1) is 11.6. The van der Waals surface area contributed by atoms with E-state index in [4.69, 9.17) is 4.74 Å². The van der Waals surface area contributed by atoms with Gasteiger partial charge in [-0.1, -0.05) is 44.4 Å². The van der Waals surface area contributed by atoms with E-state index >= 15 is 0 Å². The molecule has 0 radical (unpaired) electrons. The van der Waals surface area contributed by atoms with Crippen molar-refractivity contribution in [2.45, 2.75) is 64.4 Å². The van der Waals surface area contributed by atoms with Crippen LogP contribution in [0.4, 0.5) is 9.18 Å². The normalized spacial score (nSPS) is 13.8. The van der Waals surface area contributed by atoms with Crippen molar-refractivity contribution in [1.29, 1.82) is 0 Å². The van der Waals surface area contributed by atoms with Crippen molar-refractivity contribution in [2.75, 3.05) is 6.54 Å². The van der Waals surface area contributed by atoms with Gasteiger partial charge in [0.05, 0.1) is 0 Å². The number of unbranched alkanes of at least 4 members (excludes halogenated alkanes) is 2. The molecule has 0 heterocycles. The van der Waals surface area contributed by atoms with Crippen molar-refractivity contribution < 1.29 is 23.8 Å². The molecule has 1 unspecified atom stereocenters. The minimum Gasteiger partial charge on any atom is -0.481 e. The Bertz CT molecular complexity index is 597. The van der Waals surface area contributed by atoms with Crippen molar-refractivity contribution in [3.63, 3.8) is 0 Å². The van der Waals surface area contributed by atoms with Gasteiger partial charge in [-0.3, -0.25) is 4.79 Å². The molecule has 0 aliphatic rings. The maximum Gasteiger partial charge on any atom is 0.407 e. The summed E-state index contributed by atoms with van der Waals surface area (Å²) in [6.45, 7) is 6.92. The van der Waals surface area contributed by atoms with E-state index in [0.29, 0.717) is 6.42 Å². The predicted molar refractivity (Wildman–Crippen MR) is 94.1 cm³/mol. The first-order valence-corrected chi connectivity index (χ1v) is 8.57. The van der Waals surface area contributed by atoms with Crippen LogP contribution in [-0.4, -0.2) is 29.3 Å². The van der Waals surface area contributed by atoms with E-state index < -0.39 is 28.9 Å². The Morgan fingerprint density at radius 2 is 1.84 bits per heavy atom. The second-order valence-electron chi connectivity index (χ2n) is 7.18. The number of rotatable bonds is 8. The molecule has 0 aliphatic carbocycles. The summed E-state index contributed by atoms with van der Waals surface area (Å²) in [4.78, 5) is 24.1. The minimum absolute atomic E-state index is 0.0784. The number of halogens is 1. The van der Waals surface area contributed by atoms with Gasteiger partial charge in [0.15, 0.2) is 0 Å². The summed E-state index contributed by atoms with van der Waals surface area (Å²) in [6.07, 6.45) is 1.87. The molecular formula is C19H28FNO4. The Morgan fingerprint density at radius 1 is 1.20 bits per heavy atom. The van der Waals surface area contributed by atoms with Crippen molar-refractivity contribution in [2.24, 2.45) is 0 Å². The highest BCUT2D eigenvalue weighted by Crippen LogP contribution is 2.32. The zero-order valence-electron chi connectivity index (χ0n) is 15.4. The lowest BCUT2D eigenvalue weighted by Gasteiger charge is -2.31. The van der Waals surface area contributed by atoms with Crippen LogP contribution in [0, 0.1) is 5.82 Å². The summed E-state index contributed by atoms with van der Waals surface area (Å²) in [5.74, 6) is -1.75. The monoisotopic (exact) mass is 353 g/mol. The average molecular weight is 353 g/mol. The van der Waals surface area contributed by atoms with E-state index in [2.05, 4.69) is 5.32 Å². The number of nitrogens with one attached hydrogen (secondary N) is 1. The summed E-state index contributed by atoms with van der Waals surface area (Å²) in [5, 5.41) is 12.4. The lowest BCUT2D eigenvalue weighted by molar-refractivity contribution is -0.144. The zero-order chi connectivity index (χ0) is 19.1. The van der Waals surface area contributed by atoms with Crippen LogP contribution in [0.2, 0.25) is 0 Å². The highest BCUT2D eigenvalue weighted by atomic mass is 19.1. The fraction of sp³-hybridized carbons (Fsp3) is 0.579. The highest BCUT2D eigenvalue weighted by Gasteiger charge is 2.42. The van der Waals surface area contributed by atoms with E-state index in [9.17, 15) is 19.1 Å². The highest BCUT2D eigenvalue weighted by molar-refractivity contribution is 5.83. The van der Waals surface area contributed by atoms with E-state index in [0.717, 1.165) is 12.8 Å². The third-order valence-electron chi connectivity index (χ3n) is 3.94. The van der Waals surface area contributed by atoms with Crippen molar-refractivity contribution in [3.05, 3.63) is 35.6 Å². The summed E-state index contributed by atoms with van der Waals surface area (Å²) in [5.41, 5.74) is -2.15. The quantitative estimate of drug-likeness (QED) is 0.685. The van der Waals surface area contributed by atoms with Gasteiger partial charge in [0.1, 0.15) is 16.8 Å². The molecule has 1 aromatic rings. The zero-order valence-corrected chi connectivity index (χ0v) is 15.4. The van der Waals surface area contributed by atoms with Gasteiger partial charge in [-0.2, -0.15) is 0 Å². The Balaban J connectivity index is 3.11. The SMILES string of the molecule is CCCCCC(CNC(=O)OC(C)(C)C)(C(=O)O)c1ccccc1F. The third kappa shape index (κ3) is 6.03. The van der Waals surface area contributed by atoms with Crippen molar-refractivity contribution in [1.82, 2.24) is 5.32 Å². The van der Waals surface area contributed by atoms with Gasteiger partial charge in [-0.25, -0.2) is 9.18 Å². The Labute approximate surface area is 148 Å². The number of hydrogen-bond donors (Lipinski definition) is 2. The molecule has 0 bridgehead atoms. The minimum atomic E-state index is -1.53. The lowest BCUT2D eigenvalue weighted by atomic mass is 9.75. The number of carbonyl (C=O) groups excluding carboxylic acids is 1. The first kappa shape index (κ1) is 20.9. The molecule has 0 fully saturated rings. The van der Waals surface area contributed by atoms with Crippen molar-refractivity contribution in [3.8, 4) is 0 Å². The van der Waals surface area contributed by atoms with Crippen LogP contribution < -0.4 is 5.32 Å². The smallest absolute Gasteiger partial charge is 0.407 e. The molecule has 1 aromatic carbocycles. The van der Waals surface area contributed by atoms with Crippen LogP contribution in [0.25, 0.3) is 0 Å². The first-order valence-electron chi connectivity index (χ1n) is 8.57. The molecule has 5 nitrogen and oxygen atoms in total. The molecule has 2 N–H and O–H groups in total. The van der Waals surface area contributed by atoms with Crippen molar-refractivity contribution >= 4 is 12.1 Å². The summed E-state index contributed by atoms with van der Waals surface area (Å²) in [6, 6.07) is 5.81. The number of ether oxygens (including phenoxy) is 1. The number of carboxylic acid groups (broad SMARTS) is 1. The standard InChI is InChI=1S/C19H28FNO4/c1-5-6-9-12-19(16(22)23,14-10-7-8-11-15(14)20)13-21-17(24)25-18(2,3)4/h7-8,10-11H,5-6,9,12-13H2,1-4H3,(H,21,24)(H,22,23). The predicted octanol–water partition coefficient (Wildman–Crippen LogP) is 4.25. The maximum absolute atomic E-state index is 14.3. The second-order valence-corrected chi connectivity index (χ2v) is 7.18. The number of alkyl carbamates (subject to hydrolysis) is 1. The molecule has 1 amide bonds. The molecule has 25 heavy (non-hydrogen) atoms. The number of benzene rings is 1. The molecule has 0 saturated heterocycles. The van der Waals surface area contributed by atoms with E-state index in [1.807, 2.05) is 6.92 Å². The van der Waals surface area contributed by atoms with Crippen LogP contribution in [-0.2, 0) is 14.9 Å². The van der Waals surface area contributed by atoms with Gasteiger partial charge in [0, 0.05) is 12.1 Å². The van der Waals surface area contributed by atoms with E-state index in [-0.39, 0.29) is 18.5 Å². The van der Waals surface area contributed by atoms with E-state index in [1.165, 1.54) is 18.2 Å². The summed E-state index contributed by atoms with van der Waals surface area (Å²) >= 11 is 0. The molecule has 1 rings (SSSR count). The summed E-state index contributed by atoms with van der Waals surface area (Å²) < 4.78 is 19.5.